The first-order chi connectivity index (χ1) is 8.70. The zero-order chi connectivity index (χ0) is 13.0. The lowest BCUT2D eigenvalue weighted by atomic mass is 10.2. The Labute approximate surface area is 115 Å². The molecule has 98 valence electrons. The number of hydrogen-bond acceptors (Lipinski definition) is 2. The highest BCUT2D eigenvalue weighted by Gasteiger charge is 2.25. The Morgan fingerprint density at radius 1 is 1.44 bits per heavy atom. The van der Waals surface area contributed by atoms with Crippen LogP contribution in [-0.4, -0.2) is 35.2 Å². The fourth-order valence-corrected chi connectivity index (χ4v) is 2.11. The van der Waals surface area contributed by atoms with E-state index in [4.69, 9.17) is 5.11 Å². The molecule has 0 saturated heterocycles. The van der Waals surface area contributed by atoms with Crippen LogP contribution in [0.4, 0.5) is 4.79 Å². The SMILES string of the molecule is O=C(NC1CC1)N(CCO)Cc1ccccc1Br. The van der Waals surface area contributed by atoms with Crippen LogP contribution in [0.3, 0.4) is 0 Å². The number of aliphatic hydroxyl groups is 1. The van der Waals surface area contributed by atoms with Crippen LogP contribution in [0.1, 0.15) is 18.4 Å². The summed E-state index contributed by atoms with van der Waals surface area (Å²) in [4.78, 5) is 13.6. The summed E-state index contributed by atoms with van der Waals surface area (Å²) in [5.41, 5.74) is 1.04. The minimum absolute atomic E-state index is 0.0253. The van der Waals surface area contributed by atoms with Crippen LogP contribution in [0.15, 0.2) is 28.7 Å². The van der Waals surface area contributed by atoms with E-state index in [1.807, 2.05) is 24.3 Å². The van der Waals surface area contributed by atoms with E-state index in [2.05, 4.69) is 21.2 Å². The number of carbonyl (C=O) groups excluding carboxylic acids is 1. The van der Waals surface area contributed by atoms with Crippen molar-refractivity contribution in [3.8, 4) is 0 Å². The maximum absolute atomic E-state index is 12.0. The molecule has 0 spiro atoms. The first-order valence-electron chi connectivity index (χ1n) is 6.10. The van der Waals surface area contributed by atoms with E-state index in [0.717, 1.165) is 22.9 Å². The smallest absolute Gasteiger partial charge is 0.317 e. The van der Waals surface area contributed by atoms with E-state index in [9.17, 15) is 4.79 Å². The lowest BCUT2D eigenvalue weighted by Gasteiger charge is -2.22. The van der Waals surface area contributed by atoms with Gasteiger partial charge in [-0.2, -0.15) is 0 Å². The summed E-state index contributed by atoms with van der Waals surface area (Å²) in [6.45, 7) is 0.822. The Hall–Kier alpha value is -1.07. The highest BCUT2D eigenvalue weighted by atomic mass is 79.9. The quantitative estimate of drug-likeness (QED) is 0.875. The summed E-state index contributed by atoms with van der Waals surface area (Å²) in [6, 6.07) is 8.04. The molecule has 2 rings (SSSR count). The summed E-state index contributed by atoms with van der Waals surface area (Å²) in [7, 11) is 0. The van der Waals surface area contributed by atoms with Crippen LogP contribution in [-0.2, 0) is 6.54 Å². The molecule has 1 aliphatic rings. The van der Waals surface area contributed by atoms with Crippen molar-refractivity contribution in [2.45, 2.75) is 25.4 Å². The molecule has 2 amide bonds. The molecule has 1 fully saturated rings. The van der Waals surface area contributed by atoms with Crippen molar-refractivity contribution in [1.82, 2.24) is 10.2 Å². The zero-order valence-electron chi connectivity index (χ0n) is 10.1. The third kappa shape index (κ3) is 3.71. The van der Waals surface area contributed by atoms with E-state index in [0.29, 0.717) is 19.1 Å². The van der Waals surface area contributed by atoms with Crippen molar-refractivity contribution in [3.63, 3.8) is 0 Å². The van der Waals surface area contributed by atoms with Crippen LogP contribution in [0.25, 0.3) is 0 Å². The fourth-order valence-electron chi connectivity index (χ4n) is 1.70. The van der Waals surface area contributed by atoms with Crippen LogP contribution in [0, 0.1) is 0 Å². The molecule has 2 N–H and O–H groups in total. The molecule has 1 aromatic carbocycles. The average Bonchev–Trinajstić information content (AvgIpc) is 3.15. The van der Waals surface area contributed by atoms with Crippen LogP contribution < -0.4 is 5.32 Å². The number of amides is 2. The van der Waals surface area contributed by atoms with E-state index in [-0.39, 0.29) is 12.6 Å². The number of halogens is 1. The number of carbonyl (C=O) groups is 1. The molecule has 4 nitrogen and oxygen atoms in total. The van der Waals surface area contributed by atoms with Gasteiger partial charge in [-0.1, -0.05) is 34.1 Å². The Bertz CT molecular complexity index is 421. The van der Waals surface area contributed by atoms with Gasteiger partial charge < -0.3 is 15.3 Å². The number of aliphatic hydroxyl groups excluding tert-OH is 1. The van der Waals surface area contributed by atoms with Crippen LogP contribution >= 0.6 is 15.9 Å². The monoisotopic (exact) mass is 312 g/mol. The molecule has 1 aliphatic carbocycles. The first-order valence-corrected chi connectivity index (χ1v) is 6.89. The Balaban J connectivity index is 2.00. The second-order valence-electron chi connectivity index (χ2n) is 4.46. The van der Waals surface area contributed by atoms with Crippen molar-refractivity contribution < 1.29 is 9.90 Å². The summed E-state index contributed by atoms with van der Waals surface area (Å²) in [5.74, 6) is 0. The fraction of sp³-hybridized carbons (Fsp3) is 0.462. The summed E-state index contributed by atoms with van der Waals surface area (Å²) in [5, 5.41) is 12.0. The number of benzene rings is 1. The number of rotatable bonds is 5. The van der Waals surface area contributed by atoms with E-state index < -0.39 is 0 Å². The summed E-state index contributed by atoms with van der Waals surface area (Å²) in [6.07, 6.45) is 2.13. The molecular weight excluding hydrogens is 296 g/mol. The van der Waals surface area contributed by atoms with Crippen molar-refractivity contribution in [3.05, 3.63) is 34.3 Å². The molecule has 0 atom stereocenters. The van der Waals surface area contributed by atoms with Gasteiger partial charge in [0.1, 0.15) is 0 Å². The highest BCUT2D eigenvalue weighted by molar-refractivity contribution is 9.10. The normalized spacial score (nSPS) is 14.3. The number of hydrogen-bond donors (Lipinski definition) is 2. The van der Waals surface area contributed by atoms with Gasteiger partial charge in [0.15, 0.2) is 0 Å². The molecular formula is C13H17BrN2O2. The van der Waals surface area contributed by atoms with E-state index in [1.54, 1.807) is 4.90 Å². The molecule has 0 aliphatic heterocycles. The standard InChI is InChI=1S/C13H17BrN2O2/c14-12-4-2-1-3-10(12)9-16(7-8-17)13(18)15-11-5-6-11/h1-4,11,17H,5-9H2,(H,15,18). The van der Waals surface area contributed by atoms with E-state index >= 15 is 0 Å². The molecule has 0 heterocycles. The number of nitrogens with zero attached hydrogens (tertiary/aromatic N) is 1. The van der Waals surface area contributed by atoms with Crippen LogP contribution in [0.2, 0.25) is 0 Å². The Kier molecular flexibility index (Phi) is 4.60. The predicted octanol–water partition coefficient (Wildman–Crippen LogP) is 2.12. The van der Waals surface area contributed by atoms with Gasteiger partial charge in [0, 0.05) is 23.6 Å². The van der Waals surface area contributed by atoms with Gasteiger partial charge in [-0.3, -0.25) is 0 Å². The largest absolute Gasteiger partial charge is 0.395 e. The third-order valence-corrected chi connectivity index (χ3v) is 3.65. The van der Waals surface area contributed by atoms with Gasteiger partial charge in [0.05, 0.1) is 6.61 Å². The second-order valence-corrected chi connectivity index (χ2v) is 5.31. The topological polar surface area (TPSA) is 52.6 Å². The minimum Gasteiger partial charge on any atom is -0.395 e. The highest BCUT2D eigenvalue weighted by Crippen LogP contribution is 2.20. The number of urea groups is 1. The van der Waals surface area contributed by atoms with E-state index in [1.165, 1.54) is 0 Å². The molecule has 0 radical (unpaired) electrons. The van der Waals surface area contributed by atoms with Gasteiger partial charge in [0.25, 0.3) is 0 Å². The summed E-state index contributed by atoms with van der Waals surface area (Å²) >= 11 is 3.47. The zero-order valence-corrected chi connectivity index (χ0v) is 11.7. The molecule has 1 saturated carbocycles. The first kappa shape index (κ1) is 13.4. The molecule has 0 unspecified atom stereocenters. The van der Waals surface area contributed by atoms with Gasteiger partial charge in [-0.25, -0.2) is 4.79 Å². The second kappa shape index (κ2) is 6.20. The molecule has 5 heteroatoms. The Morgan fingerprint density at radius 3 is 2.78 bits per heavy atom. The van der Waals surface area contributed by atoms with Gasteiger partial charge in [-0.05, 0) is 24.5 Å². The van der Waals surface area contributed by atoms with Crippen molar-refractivity contribution >= 4 is 22.0 Å². The maximum atomic E-state index is 12.0. The number of nitrogens with one attached hydrogen (secondary N) is 1. The molecule has 1 aromatic rings. The van der Waals surface area contributed by atoms with Gasteiger partial charge >= 0.3 is 6.03 Å². The Morgan fingerprint density at radius 2 is 2.17 bits per heavy atom. The van der Waals surface area contributed by atoms with Gasteiger partial charge in [-0.15, -0.1) is 0 Å². The third-order valence-electron chi connectivity index (χ3n) is 2.88. The van der Waals surface area contributed by atoms with Crippen molar-refractivity contribution in [1.29, 1.82) is 0 Å². The van der Waals surface area contributed by atoms with Gasteiger partial charge in [0.2, 0.25) is 0 Å². The molecule has 0 bridgehead atoms. The molecule has 18 heavy (non-hydrogen) atoms. The predicted molar refractivity (Wildman–Crippen MR) is 73.2 cm³/mol. The average molecular weight is 313 g/mol. The lowest BCUT2D eigenvalue weighted by Crippen LogP contribution is -2.42. The maximum Gasteiger partial charge on any atom is 0.317 e. The molecule has 0 aromatic heterocycles. The van der Waals surface area contributed by atoms with Crippen molar-refractivity contribution in [2.75, 3.05) is 13.2 Å². The summed E-state index contributed by atoms with van der Waals surface area (Å²) < 4.78 is 0.979. The lowest BCUT2D eigenvalue weighted by molar-refractivity contribution is 0.173. The minimum atomic E-state index is -0.0951. The van der Waals surface area contributed by atoms with Crippen molar-refractivity contribution in [2.24, 2.45) is 0 Å². The van der Waals surface area contributed by atoms with Crippen LogP contribution in [0.5, 0.6) is 0 Å².